The largest absolute Gasteiger partial charge is 0.489 e. The van der Waals surface area contributed by atoms with Gasteiger partial charge < -0.3 is 24.6 Å². The molecule has 2 N–H and O–H groups in total. The number of nitrogens with zero attached hydrogens (tertiary/aromatic N) is 2. The molecule has 3 heterocycles. The molecule has 312 valence electrons. The van der Waals surface area contributed by atoms with Crippen LogP contribution in [0.3, 0.4) is 0 Å². The highest BCUT2D eigenvalue weighted by Crippen LogP contribution is 2.43. The maximum absolute atomic E-state index is 14.4. The molecule has 1 aromatic heterocycles. The van der Waals surface area contributed by atoms with Crippen molar-refractivity contribution in [1.29, 1.82) is 0 Å². The smallest absolute Gasteiger partial charge is 0.326 e. The molecule has 5 aromatic carbocycles. The Bertz CT molecular complexity index is 2510. The molecule has 2 aliphatic rings. The maximum Gasteiger partial charge on any atom is 0.326 e. The quantitative estimate of drug-likeness (QED) is 0.111. The van der Waals surface area contributed by atoms with Gasteiger partial charge in [0.15, 0.2) is 17.6 Å². The zero-order valence-electron chi connectivity index (χ0n) is 33.4. The lowest BCUT2D eigenvalue weighted by Crippen LogP contribution is -2.55. The molecular weight excluding hydrogens is 816 g/mol. The van der Waals surface area contributed by atoms with Gasteiger partial charge in [-0.15, -0.1) is 0 Å². The second-order valence-electron chi connectivity index (χ2n) is 15.3. The summed E-state index contributed by atoms with van der Waals surface area (Å²) < 4.78 is 32.1. The molecule has 0 aliphatic carbocycles. The predicted octanol–water partition coefficient (Wildman–Crippen LogP) is 10.3. The topological polar surface area (TPSA) is 110 Å². The molecular formula is C49H44Cl2FN3O6. The summed E-state index contributed by atoms with van der Waals surface area (Å²) in [5.74, 6) is 0.424. The van der Waals surface area contributed by atoms with Gasteiger partial charge in [0, 0.05) is 25.2 Å². The first kappa shape index (κ1) is 41.8. The lowest BCUT2D eigenvalue weighted by Gasteiger charge is -2.42. The lowest BCUT2D eigenvalue weighted by atomic mass is 9.89. The molecule has 0 radical (unpaired) electrons. The van der Waals surface area contributed by atoms with Gasteiger partial charge in [0.1, 0.15) is 31.7 Å². The molecule has 0 fully saturated rings. The number of hydrogen-bond donors (Lipinski definition) is 2. The average Bonchev–Trinajstić information content (AvgIpc) is 3.29. The van der Waals surface area contributed by atoms with E-state index in [2.05, 4.69) is 34.3 Å². The Morgan fingerprint density at radius 3 is 2.36 bits per heavy atom. The summed E-state index contributed by atoms with van der Waals surface area (Å²) in [6, 6.07) is 36.1. The van der Waals surface area contributed by atoms with E-state index in [4.69, 9.17) is 37.4 Å². The Balaban J connectivity index is 0.989. The van der Waals surface area contributed by atoms with E-state index in [1.54, 1.807) is 30.5 Å². The van der Waals surface area contributed by atoms with Crippen LogP contribution in [0.4, 0.5) is 4.39 Å². The highest BCUT2D eigenvalue weighted by molar-refractivity contribution is 6.42. The van der Waals surface area contributed by atoms with Gasteiger partial charge in [-0.3, -0.25) is 14.7 Å². The van der Waals surface area contributed by atoms with E-state index in [9.17, 15) is 19.1 Å². The number of ether oxygens (including phenoxy) is 3. The molecule has 0 spiro atoms. The van der Waals surface area contributed by atoms with Gasteiger partial charge >= 0.3 is 5.97 Å². The molecule has 0 saturated carbocycles. The standard InChI is InChI=1S/C49H44Cl2FN3O6/c1-2-43(33-6-4-3-5-7-33)55-27-37-25-46-45(60-29-47(61-46)34-13-15-39(16-14-34)59-28-31-10-17-40(50)41(51)20-31)24-36(37)23-44(55)48(56)54-42(49(57)58)21-30-8-11-32(12-9-30)35-18-19-53-38(22-35)26-52/h3-20,22,24-25,42-44,47H,2,21,23,26-29H2,1H3,(H,54,56)(H,57,58). The molecule has 2 aliphatic heterocycles. The number of carbonyl (C=O) groups is 2. The summed E-state index contributed by atoms with van der Waals surface area (Å²) in [4.78, 5) is 33.3. The number of amides is 1. The Hall–Kier alpha value is -5.94. The maximum atomic E-state index is 14.4. The van der Waals surface area contributed by atoms with Gasteiger partial charge in [0.05, 0.1) is 21.8 Å². The zero-order chi connectivity index (χ0) is 42.5. The van der Waals surface area contributed by atoms with Crippen molar-refractivity contribution < 1.29 is 33.3 Å². The second-order valence-corrected chi connectivity index (χ2v) is 16.1. The molecule has 9 nitrogen and oxygen atoms in total. The van der Waals surface area contributed by atoms with Crippen LogP contribution >= 0.6 is 23.2 Å². The fourth-order valence-corrected chi connectivity index (χ4v) is 8.41. The number of pyridine rings is 1. The Morgan fingerprint density at radius 2 is 1.64 bits per heavy atom. The summed E-state index contributed by atoms with van der Waals surface area (Å²) >= 11 is 12.2. The molecule has 4 atom stereocenters. The minimum atomic E-state index is -1.17. The van der Waals surface area contributed by atoms with Crippen molar-refractivity contribution in [2.45, 2.75) is 70.2 Å². The van der Waals surface area contributed by atoms with Crippen molar-refractivity contribution in [3.05, 3.63) is 177 Å². The first-order valence-corrected chi connectivity index (χ1v) is 21.0. The van der Waals surface area contributed by atoms with Crippen LogP contribution in [0.5, 0.6) is 17.2 Å². The van der Waals surface area contributed by atoms with Crippen molar-refractivity contribution in [2.75, 3.05) is 6.61 Å². The highest BCUT2D eigenvalue weighted by Gasteiger charge is 2.39. The first-order chi connectivity index (χ1) is 29.6. The van der Waals surface area contributed by atoms with Crippen LogP contribution in [0.1, 0.15) is 64.6 Å². The molecule has 61 heavy (non-hydrogen) atoms. The van der Waals surface area contributed by atoms with Gasteiger partial charge in [-0.1, -0.05) is 103 Å². The minimum absolute atomic E-state index is 0.0843. The van der Waals surface area contributed by atoms with Gasteiger partial charge in [0.2, 0.25) is 5.91 Å². The molecule has 8 rings (SSSR count). The van der Waals surface area contributed by atoms with Crippen LogP contribution in [0.2, 0.25) is 10.0 Å². The highest BCUT2D eigenvalue weighted by atomic mass is 35.5. The van der Waals surface area contributed by atoms with Crippen molar-refractivity contribution in [2.24, 2.45) is 0 Å². The summed E-state index contributed by atoms with van der Waals surface area (Å²) in [7, 11) is 0. The van der Waals surface area contributed by atoms with Gasteiger partial charge in [-0.2, -0.15) is 0 Å². The zero-order valence-corrected chi connectivity index (χ0v) is 34.9. The van der Waals surface area contributed by atoms with E-state index in [1.807, 2.05) is 84.9 Å². The lowest BCUT2D eigenvalue weighted by molar-refractivity contribution is -0.143. The number of fused-ring (bicyclic) bond motifs is 2. The summed E-state index contributed by atoms with van der Waals surface area (Å²) in [5, 5.41) is 14.2. The van der Waals surface area contributed by atoms with Crippen LogP contribution in [0, 0.1) is 0 Å². The van der Waals surface area contributed by atoms with E-state index in [1.165, 1.54) is 0 Å². The van der Waals surface area contributed by atoms with Gasteiger partial charge in [-0.25, -0.2) is 9.18 Å². The van der Waals surface area contributed by atoms with E-state index in [0.29, 0.717) is 59.2 Å². The molecule has 1 amide bonds. The molecule has 12 heteroatoms. The number of carboxylic acid groups (broad SMARTS) is 1. The van der Waals surface area contributed by atoms with Crippen LogP contribution in [-0.2, 0) is 42.3 Å². The summed E-state index contributed by atoms with van der Waals surface area (Å²) in [6.07, 6.45) is 2.37. The number of halogens is 3. The van der Waals surface area contributed by atoms with Crippen LogP contribution in [-0.4, -0.2) is 45.6 Å². The number of aromatic nitrogens is 1. The SMILES string of the molecule is CCC(c1ccccc1)N1Cc2cc3c(cc2CC1C(=O)NC(Cc1ccc(-c2ccnc(CF)c2)cc1)C(=O)O)OCC(c1ccc(OCc2ccc(Cl)c(Cl)c2)cc1)O3. The monoisotopic (exact) mass is 859 g/mol. The van der Waals surface area contributed by atoms with Crippen LogP contribution in [0.25, 0.3) is 11.1 Å². The Labute approximate surface area is 364 Å². The number of nitrogens with one attached hydrogen (secondary N) is 1. The number of benzene rings is 5. The first-order valence-electron chi connectivity index (χ1n) is 20.2. The fraction of sp³-hybridized carbons (Fsp3) is 0.245. The third kappa shape index (κ3) is 9.67. The number of hydrogen-bond acceptors (Lipinski definition) is 7. The summed E-state index contributed by atoms with van der Waals surface area (Å²) in [5.41, 5.74) is 7.60. The van der Waals surface area contributed by atoms with E-state index in [-0.39, 0.29) is 24.5 Å². The normalized spacial score (nSPS) is 16.9. The Kier molecular flexibility index (Phi) is 12.9. The average molecular weight is 861 g/mol. The molecule has 4 unspecified atom stereocenters. The van der Waals surface area contributed by atoms with Crippen molar-refractivity contribution in [3.63, 3.8) is 0 Å². The number of alkyl halides is 1. The third-order valence-electron chi connectivity index (χ3n) is 11.3. The molecule has 0 saturated heterocycles. The van der Waals surface area contributed by atoms with E-state index < -0.39 is 24.7 Å². The van der Waals surface area contributed by atoms with Crippen molar-refractivity contribution >= 4 is 35.1 Å². The third-order valence-corrected chi connectivity index (χ3v) is 12.0. The van der Waals surface area contributed by atoms with Crippen LogP contribution in [0.15, 0.2) is 128 Å². The number of rotatable bonds is 14. The molecule has 6 aromatic rings. The Morgan fingerprint density at radius 1 is 0.885 bits per heavy atom. The second kappa shape index (κ2) is 18.8. The van der Waals surface area contributed by atoms with Crippen molar-refractivity contribution in [3.8, 4) is 28.4 Å². The van der Waals surface area contributed by atoms with Crippen molar-refractivity contribution in [1.82, 2.24) is 15.2 Å². The van der Waals surface area contributed by atoms with E-state index in [0.717, 1.165) is 50.9 Å². The minimum Gasteiger partial charge on any atom is -0.489 e. The van der Waals surface area contributed by atoms with Crippen LogP contribution < -0.4 is 19.5 Å². The fourth-order valence-electron chi connectivity index (χ4n) is 8.09. The van der Waals surface area contributed by atoms with E-state index >= 15 is 0 Å². The number of carbonyl (C=O) groups excluding carboxylic acids is 1. The summed E-state index contributed by atoms with van der Waals surface area (Å²) in [6.45, 7) is 2.50. The predicted molar refractivity (Wildman–Crippen MR) is 233 cm³/mol. The molecule has 0 bridgehead atoms. The van der Waals surface area contributed by atoms with Gasteiger partial charge in [-0.05, 0) is 106 Å². The number of carboxylic acids is 1. The van der Waals surface area contributed by atoms with Gasteiger partial charge in [0.25, 0.3) is 0 Å². The number of aliphatic carboxylic acids is 1.